The van der Waals surface area contributed by atoms with Crippen molar-refractivity contribution < 1.29 is 40.6 Å². The van der Waals surface area contributed by atoms with Gasteiger partial charge in [-0.2, -0.15) is 13.2 Å². The fraction of sp³-hybridized carbons (Fsp3) is 0.115. The standard InChI is InChI=1S/C26H18F3NO6S/c27-26(28,29)19-11-5-6-12-20(19)30-21(15-18-10-4-7-13-23(18)37(30,32)33)24(31)36-25-22(34-16-35-25)14-17-8-2-1-3-9-17/h1-13,15H,14,16H2. The fourth-order valence-corrected chi connectivity index (χ4v) is 5.66. The highest BCUT2D eigenvalue weighted by molar-refractivity contribution is 7.93. The third-order valence-corrected chi connectivity index (χ3v) is 7.43. The van der Waals surface area contributed by atoms with Crippen LogP contribution in [0.25, 0.3) is 6.08 Å². The largest absolute Gasteiger partial charge is 0.454 e. The third-order valence-electron chi connectivity index (χ3n) is 5.63. The van der Waals surface area contributed by atoms with E-state index in [1.54, 1.807) is 6.07 Å². The molecule has 0 unspecified atom stereocenters. The lowest BCUT2D eigenvalue weighted by Gasteiger charge is -2.31. The Morgan fingerprint density at radius 3 is 2.35 bits per heavy atom. The van der Waals surface area contributed by atoms with E-state index < -0.39 is 39.1 Å². The molecular weight excluding hydrogens is 511 g/mol. The van der Waals surface area contributed by atoms with Crippen LogP contribution in [0.3, 0.4) is 0 Å². The molecule has 0 N–H and O–H groups in total. The Balaban J connectivity index is 1.59. The van der Waals surface area contributed by atoms with Crippen LogP contribution in [0.2, 0.25) is 0 Å². The zero-order chi connectivity index (χ0) is 26.2. The molecule has 2 heterocycles. The number of benzene rings is 3. The molecule has 3 aromatic rings. The van der Waals surface area contributed by atoms with Gasteiger partial charge in [0.15, 0.2) is 5.76 Å². The highest BCUT2D eigenvalue weighted by Crippen LogP contribution is 2.43. The van der Waals surface area contributed by atoms with Crippen molar-refractivity contribution in [2.75, 3.05) is 11.1 Å². The molecule has 190 valence electrons. The zero-order valence-electron chi connectivity index (χ0n) is 18.9. The topological polar surface area (TPSA) is 82.1 Å². The molecule has 0 bridgehead atoms. The normalized spacial score (nSPS) is 16.4. The van der Waals surface area contributed by atoms with E-state index in [0.717, 1.165) is 23.8 Å². The van der Waals surface area contributed by atoms with Crippen LogP contribution in [-0.2, 0) is 41.6 Å². The average Bonchev–Trinajstić information content (AvgIpc) is 3.30. The number of rotatable bonds is 5. The van der Waals surface area contributed by atoms with Gasteiger partial charge in [0, 0.05) is 6.42 Å². The molecule has 0 aliphatic carbocycles. The van der Waals surface area contributed by atoms with Crippen LogP contribution in [0.15, 0.2) is 101 Å². The van der Waals surface area contributed by atoms with Crippen LogP contribution < -0.4 is 4.31 Å². The van der Waals surface area contributed by atoms with Crippen molar-refractivity contribution in [3.05, 3.63) is 113 Å². The van der Waals surface area contributed by atoms with Crippen LogP contribution in [0.4, 0.5) is 18.9 Å². The summed E-state index contributed by atoms with van der Waals surface area (Å²) in [7, 11) is -4.63. The van der Waals surface area contributed by atoms with E-state index in [4.69, 9.17) is 14.2 Å². The van der Waals surface area contributed by atoms with Crippen LogP contribution >= 0.6 is 0 Å². The minimum atomic E-state index is -4.90. The number of fused-ring (bicyclic) bond motifs is 1. The molecule has 0 amide bonds. The molecule has 0 atom stereocenters. The van der Waals surface area contributed by atoms with Gasteiger partial charge < -0.3 is 14.2 Å². The Morgan fingerprint density at radius 2 is 1.59 bits per heavy atom. The summed E-state index contributed by atoms with van der Waals surface area (Å²) in [5.41, 5.74) is -1.67. The third kappa shape index (κ3) is 4.65. The van der Waals surface area contributed by atoms with E-state index in [0.29, 0.717) is 4.31 Å². The molecule has 7 nitrogen and oxygen atoms in total. The van der Waals surface area contributed by atoms with Crippen molar-refractivity contribution in [3.63, 3.8) is 0 Å². The van der Waals surface area contributed by atoms with Gasteiger partial charge in [0.2, 0.25) is 6.79 Å². The molecule has 0 saturated carbocycles. The number of carbonyl (C=O) groups is 1. The van der Waals surface area contributed by atoms with Crippen molar-refractivity contribution in [3.8, 4) is 0 Å². The van der Waals surface area contributed by atoms with Crippen LogP contribution in [0.1, 0.15) is 16.7 Å². The van der Waals surface area contributed by atoms with E-state index in [1.807, 2.05) is 30.3 Å². The van der Waals surface area contributed by atoms with Gasteiger partial charge in [-0.25, -0.2) is 17.5 Å². The Morgan fingerprint density at radius 1 is 0.919 bits per heavy atom. The summed E-state index contributed by atoms with van der Waals surface area (Å²) < 4.78 is 85.2. The number of alkyl halides is 3. The smallest absolute Gasteiger partial charge is 0.418 e. The quantitative estimate of drug-likeness (QED) is 0.422. The highest BCUT2D eigenvalue weighted by atomic mass is 32.2. The Bertz CT molecular complexity index is 1530. The SMILES string of the molecule is O=C(OC1=C(Cc2ccccc2)OCO1)C1=Cc2ccccc2S(=O)(=O)N1c1ccccc1C(F)(F)F. The first-order valence-electron chi connectivity index (χ1n) is 10.9. The molecule has 0 aromatic heterocycles. The number of carbonyl (C=O) groups excluding carboxylic acids is 1. The maximum atomic E-state index is 13.9. The average molecular weight is 529 g/mol. The van der Waals surface area contributed by atoms with Gasteiger partial charge in [-0.3, -0.25) is 0 Å². The summed E-state index contributed by atoms with van der Waals surface area (Å²) in [4.78, 5) is 13.1. The van der Waals surface area contributed by atoms with Gasteiger partial charge in [0.05, 0.1) is 16.1 Å². The molecule has 0 radical (unpaired) electrons. The van der Waals surface area contributed by atoms with E-state index >= 15 is 0 Å². The lowest BCUT2D eigenvalue weighted by atomic mass is 10.1. The van der Waals surface area contributed by atoms with Crippen molar-refractivity contribution >= 4 is 27.8 Å². The molecule has 3 aromatic carbocycles. The molecule has 11 heteroatoms. The summed E-state index contributed by atoms with van der Waals surface area (Å²) in [5.74, 6) is -1.35. The number of hydrogen-bond acceptors (Lipinski definition) is 6. The van der Waals surface area contributed by atoms with E-state index in [2.05, 4.69) is 0 Å². The van der Waals surface area contributed by atoms with Gasteiger partial charge in [-0.15, -0.1) is 0 Å². The van der Waals surface area contributed by atoms with Crippen molar-refractivity contribution in [2.24, 2.45) is 0 Å². The summed E-state index contributed by atoms with van der Waals surface area (Å²) in [6.45, 7) is -0.244. The minimum Gasteiger partial charge on any atom is -0.454 e. The van der Waals surface area contributed by atoms with Gasteiger partial charge in [-0.05, 0) is 35.4 Å². The van der Waals surface area contributed by atoms with Crippen molar-refractivity contribution in [1.29, 1.82) is 0 Å². The van der Waals surface area contributed by atoms with E-state index in [-0.39, 0.29) is 35.4 Å². The van der Waals surface area contributed by atoms with Crippen molar-refractivity contribution in [1.82, 2.24) is 0 Å². The number of sulfonamides is 1. The van der Waals surface area contributed by atoms with Crippen LogP contribution in [0, 0.1) is 0 Å². The second kappa shape index (κ2) is 9.32. The van der Waals surface area contributed by atoms with Gasteiger partial charge in [0.25, 0.3) is 10.0 Å². The lowest BCUT2D eigenvalue weighted by Crippen LogP contribution is -2.38. The summed E-state index contributed by atoms with van der Waals surface area (Å²) >= 11 is 0. The summed E-state index contributed by atoms with van der Waals surface area (Å²) in [6, 6.07) is 18.8. The summed E-state index contributed by atoms with van der Waals surface area (Å²) in [5, 5.41) is 0. The molecule has 0 fully saturated rings. The number of nitrogens with zero attached hydrogens (tertiary/aromatic N) is 1. The maximum Gasteiger partial charge on any atom is 0.418 e. The molecule has 0 saturated heterocycles. The Kier molecular flexibility index (Phi) is 6.16. The second-order valence-electron chi connectivity index (χ2n) is 8.02. The van der Waals surface area contributed by atoms with Gasteiger partial charge in [0.1, 0.15) is 5.70 Å². The van der Waals surface area contributed by atoms with E-state index in [1.165, 1.54) is 30.3 Å². The number of allylic oxidation sites excluding steroid dienone is 1. The summed E-state index contributed by atoms with van der Waals surface area (Å²) in [6.07, 6.45) is -3.52. The predicted molar refractivity (Wildman–Crippen MR) is 126 cm³/mol. The number of ether oxygens (including phenoxy) is 3. The van der Waals surface area contributed by atoms with Crippen molar-refractivity contribution in [2.45, 2.75) is 17.5 Å². The lowest BCUT2D eigenvalue weighted by molar-refractivity contribution is -0.141. The van der Waals surface area contributed by atoms with Crippen LogP contribution in [0.5, 0.6) is 0 Å². The molecular formula is C26H18F3NO6S. The number of anilines is 1. The molecule has 5 rings (SSSR count). The second-order valence-corrected chi connectivity index (χ2v) is 9.78. The van der Waals surface area contributed by atoms with Gasteiger partial charge >= 0.3 is 18.1 Å². The number of hydrogen-bond donors (Lipinski definition) is 0. The number of halogens is 3. The minimum absolute atomic E-state index is 0.122. The number of esters is 1. The maximum absolute atomic E-state index is 13.9. The monoisotopic (exact) mass is 529 g/mol. The molecule has 0 spiro atoms. The van der Waals surface area contributed by atoms with Gasteiger partial charge in [-0.1, -0.05) is 60.7 Å². The number of para-hydroxylation sites is 1. The predicted octanol–water partition coefficient (Wildman–Crippen LogP) is 5.21. The molecule has 2 aliphatic heterocycles. The zero-order valence-corrected chi connectivity index (χ0v) is 19.8. The van der Waals surface area contributed by atoms with E-state index in [9.17, 15) is 26.4 Å². The first-order chi connectivity index (χ1) is 17.7. The first kappa shape index (κ1) is 24.4. The molecule has 37 heavy (non-hydrogen) atoms. The van der Waals surface area contributed by atoms with Crippen LogP contribution in [-0.4, -0.2) is 21.2 Å². The molecule has 2 aliphatic rings. The first-order valence-corrected chi connectivity index (χ1v) is 12.4. The fourth-order valence-electron chi connectivity index (χ4n) is 3.98. The Hall–Kier alpha value is -4.25. The Labute approximate surface area is 210 Å². The highest BCUT2D eigenvalue weighted by Gasteiger charge is 2.43.